The van der Waals surface area contributed by atoms with Crippen molar-refractivity contribution in [3.05, 3.63) is 54.4 Å². The molecule has 1 aliphatic heterocycles. The van der Waals surface area contributed by atoms with Crippen molar-refractivity contribution in [1.82, 2.24) is 9.88 Å². The van der Waals surface area contributed by atoms with E-state index < -0.39 is 18.0 Å². The first-order valence-corrected chi connectivity index (χ1v) is 8.39. The predicted octanol–water partition coefficient (Wildman–Crippen LogP) is 2.21. The van der Waals surface area contributed by atoms with Crippen LogP contribution in [-0.2, 0) is 20.9 Å². The minimum atomic E-state index is -0.586. The van der Waals surface area contributed by atoms with Crippen molar-refractivity contribution < 1.29 is 23.9 Å². The number of pyridine rings is 1. The van der Waals surface area contributed by atoms with E-state index in [1.165, 1.54) is 7.11 Å². The molecule has 0 unspecified atom stereocenters. The first-order valence-electron chi connectivity index (χ1n) is 8.39. The van der Waals surface area contributed by atoms with Crippen molar-refractivity contribution >= 4 is 23.7 Å². The van der Waals surface area contributed by atoms with Crippen LogP contribution in [0.1, 0.15) is 12.1 Å². The van der Waals surface area contributed by atoms with Crippen LogP contribution >= 0.6 is 0 Å². The number of esters is 1. The number of likely N-dealkylation sites (tertiary alicyclic amines) is 1. The van der Waals surface area contributed by atoms with Gasteiger partial charge in [-0.25, -0.2) is 4.79 Å². The number of hydrogen-bond acceptors (Lipinski definition) is 6. The van der Waals surface area contributed by atoms with Gasteiger partial charge in [0.1, 0.15) is 5.75 Å². The van der Waals surface area contributed by atoms with Crippen LogP contribution in [0.5, 0.6) is 5.75 Å². The van der Waals surface area contributed by atoms with Crippen molar-refractivity contribution in [2.45, 2.75) is 13.0 Å². The average Bonchev–Trinajstić information content (AvgIpc) is 3.04. The summed E-state index contributed by atoms with van der Waals surface area (Å²) in [6.45, 7) is 0.674. The third kappa shape index (κ3) is 4.81. The number of amides is 2. The zero-order valence-corrected chi connectivity index (χ0v) is 14.8. The number of methoxy groups -OCH3 is 1. The van der Waals surface area contributed by atoms with Gasteiger partial charge in [-0.3, -0.25) is 19.9 Å². The Kier molecular flexibility index (Phi) is 5.65. The highest BCUT2D eigenvalue weighted by atomic mass is 16.5. The summed E-state index contributed by atoms with van der Waals surface area (Å²) in [5, 5.41) is 2.50. The highest BCUT2D eigenvalue weighted by Gasteiger charge is 2.35. The fourth-order valence-electron chi connectivity index (χ4n) is 2.74. The summed E-state index contributed by atoms with van der Waals surface area (Å²) in [4.78, 5) is 41.5. The summed E-state index contributed by atoms with van der Waals surface area (Å²) in [5.41, 5.74) is 1.28. The summed E-state index contributed by atoms with van der Waals surface area (Å²) >= 11 is 0. The molecule has 1 aliphatic rings. The van der Waals surface area contributed by atoms with E-state index in [-0.39, 0.29) is 12.3 Å². The lowest BCUT2D eigenvalue weighted by atomic mass is 10.1. The fraction of sp³-hybridized carbons (Fsp3) is 0.263. The predicted molar refractivity (Wildman–Crippen MR) is 95.9 cm³/mol. The molecule has 2 heterocycles. The highest BCUT2D eigenvalue weighted by molar-refractivity contribution is 5.88. The molecule has 2 amide bonds. The van der Waals surface area contributed by atoms with Gasteiger partial charge in [-0.2, -0.15) is 0 Å². The number of hydrogen-bond donors (Lipinski definition) is 1. The molecule has 0 radical (unpaired) electrons. The summed E-state index contributed by atoms with van der Waals surface area (Å²) in [5.74, 6) is -0.735. The van der Waals surface area contributed by atoms with E-state index >= 15 is 0 Å². The maximum absolute atomic E-state index is 12.4. The van der Waals surface area contributed by atoms with E-state index in [1.54, 1.807) is 41.4 Å². The Bertz CT molecular complexity index is 823. The third-order valence-corrected chi connectivity index (χ3v) is 4.13. The van der Waals surface area contributed by atoms with E-state index in [9.17, 15) is 14.4 Å². The Morgan fingerprint density at radius 3 is 2.67 bits per heavy atom. The smallest absolute Gasteiger partial charge is 0.411 e. The average molecular weight is 369 g/mol. The molecule has 3 rings (SSSR count). The topological polar surface area (TPSA) is 97.8 Å². The lowest BCUT2D eigenvalue weighted by Gasteiger charge is -2.15. The number of rotatable bonds is 5. The van der Waals surface area contributed by atoms with E-state index in [0.29, 0.717) is 24.5 Å². The molecule has 1 saturated heterocycles. The van der Waals surface area contributed by atoms with Crippen molar-refractivity contribution in [1.29, 1.82) is 0 Å². The van der Waals surface area contributed by atoms with Gasteiger partial charge in [0.2, 0.25) is 5.91 Å². The zero-order chi connectivity index (χ0) is 19.2. The van der Waals surface area contributed by atoms with Gasteiger partial charge in [0, 0.05) is 24.8 Å². The van der Waals surface area contributed by atoms with Crippen LogP contribution in [0.15, 0.2) is 48.7 Å². The quantitative estimate of drug-likeness (QED) is 0.641. The maximum atomic E-state index is 12.4. The van der Waals surface area contributed by atoms with E-state index in [1.807, 2.05) is 12.1 Å². The summed E-state index contributed by atoms with van der Waals surface area (Å²) in [6, 6.07) is 11.8. The number of nitrogens with zero attached hydrogens (tertiary/aromatic N) is 2. The minimum Gasteiger partial charge on any atom is -0.453 e. The minimum absolute atomic E-state index is 0.0970. The fourth-order valence-corrected chi connectivity index (χ4v) is 2.74. The molecule has 0 saturated carbocycles. The van der Waals surface area contributed by atoms with Crippen molar-refractivity contribution in [2.75, 3.05) is 19.0 Å². The highest BCUT2D eigenvalue weighted by Crippen LogP contribution is 2.23. The second-order valence-corrected chi connectivity index (χ2v) is 6.06. The van der Waals surface area contributed by atoms with Gasteiger partial charge in [0.25, 0.3) is 0 Å². The van der Waals surface area contributed by atoms with E-state index in [0.717, 1.165) is 5.69 Å². The van der Waals surface area contributed by atoms with Gasteiger partial charge in [-0.15, -0.1) is 0 Å². The molecule has 1 aromatic carbocycles. The number of aromatic nitrogens is 1. The molecular formula is C19H19N3O5. The molecule has 0 aliphatic carbocycles. The molecular weight excluding hydrogens is 350 g/mol. The first kappa shape index (κ1) is 18.4. The van der Waals surface area contributed by atoms with Crippen LogP contribution in [0.3, 0.4) is 0 Å². The van der Waals surface area contributed by atoms with Crippen LogP contribution in [0.4, 0.5) is 10.5 Å². The van der Waals surface area contributed by atoms with Crippen LogP contribution in [0.2, 0.25) is 0 Å². The number of carbonyl (C=O) groups is 3. The van der Waals surface area contributed by atoms with Crippen molar-refractivity contribution in [2.24, 2.45) is 5.92 Å². The molecule has 0 spiro atoms. The van der Waals surface area contributed by atoms with Crippen LogP contribution in [0, 0.1) is 5.92 Å². The molecule has 1 fully saturated rings. The van der Waals surface area contributed by atoms with Crippen molar-refractivity contribution in [3.8, 4) is 5.75 Å². The van der Waals surface area contributed by atoms with E-state index in [4.69, 9.17) is 4.74 Å². The van der Waals surface area contributed by atoms with Crippen LogP contribution in [-0.4, -0.2) is 41.5 Å². The molecule has 1 atom stereocenters. The number of ether oxygens (including phenoxy) is 2. The number of anilines is 1. The van der Waals surface area contributed by atoms with Gasteiger partial charge in [-0.1, -0.05) is 6.07 Å². The lowest BCUT2D eigenvalue weighted by molar-refractivity contribution is -0.139. The SMILES string of the molecule is COC(=O)Nc1ccc(OC(=O)[C@@H]2CC(=O)N(Cc3ccccn3)C2)cc1. The second kappa shape index (κ2) is 8.31. The molecule has 1 N–H and O–H groups in total. The second-order valence-electron chi connectivity index (χ2n) is 6.06. The number of benzene rings is 1. The van der Waals surface area contributed by atoms with Crippen molar-refractivity contribution in [3.63, 3.8) is 0 Å². The number of nitrogens with one attached hydrogen (secondary N) is 1. The van der Waals surface area contributed by atoms with Crippen LogP contribution < -0.4 is 10.1 Å². The Morgan fingerprint density at radius 2 is 2.00 bits per heavy atom. The molecule has 0 bridgehead atoms. The largest absolute Gasteiger partial charge is 0.453 e. The molecule has 2 aromatic rings. The lowest BCUT2D eigenvalue weighted by Crippen LogP contribution is -2.27. The van der Waals surface area contributed by atoms with Gasteiger partial charge in [0.15, 0.2) is 0 Å². The number of carbonyl (C=O) groups excluding carboxylic acids is 3. The monoisotopic (exact) mass is 369 g/mol. The maximum Gasteiger partial charge on any atom is 0.411 e. The summed E-state index contributed by atoms with van der Waals surface area (Å²) < 4.78 is 9.86. The Labute approximate surface area is 156 Å². The molecule has 140 valence electrons. The molecule has 8 heteroatoms. The Balaban J connectivity index is 1.55. The van der Waals surface area contributed by atoms with Gasteiger partial charge in [0.05, 0.1) is 25.3 Å². The van der Waals surface area contributed by atoms with Gasteiger partial charge >= 0.3 is 12.1 Å². The van der Waals surface area contributed by atoms with Gasteiger partial charge in [-0.05, 0) is 36.4 Å². The standard InChI is InChI=1S/C19H19N3O5/c1-26-19(25)21-14-5-7-16(8-6-14)27-18(24)13-10-17(23)22(11-13)12-15-4-2-3-9-20-15/h2-9,13H,10-12H2,1H3,(H,21,25)/t13-/m1/s1. The van der Waals surface area contributed by atoms with Crippen LogP contribution in [0.25, 0.3) is 0 Å². The summed E-state index contributed by atoms with van der Waals surface area (Å²) in [6.07, 6.45) is 1.20. The zero-order valence-electron chi connectivity index (χ0n) is 14.8. The normalized spacial score (nSPS) is 16.1. The third-order valence-electron chi connectivity index (χ3n) is 4.13. The molecule has 8 nitrogen and oxygen atoms in total. The molecule has 1 aromatic heterocycles. The van der Waals surface area contributed by atoms with Gasteiger partial charge < -0.3 is 14.4 Å². The first-order chi connectivity index (χ1) is 13.0. The molecule has 27 heavy (non-hydrogen) atoms. The Morgan fingerprint density at radius 1 is 1.22 bits per heavy atom. The summed E-state index contributed by atoms with van der Waals surface area (Å²) in [7, 11) is 1.27. The Hall–Kier alpha value is -3.42. The van der Waals surface area contributed by atoms with E-state index in [2.05, 4.69) is 15.0 Å².